The zero-order chi connectivity index (χ0) is 11.0. The molecule has 0 spiro atoms. The van der Waals surface area contributed by atoms with Gasteiger partial charge < -0.3 is 4.74 Å². The predicted octanol–water partition coefficient (Wildman–Crippen LogP) is 3.33. The number of hydrogen-bond donors (Lipinski definition) is 0. The summed E-state index contributed by atoms with van der Waals surface area (Å²) >= 11 is 5.83. The van der Waals surface area contributed by atoms with Crippen molar-refractivity contribution in [2.45, 2.75) is 26.4 Å². The van der Waals surface area contributed by atoms with Gasteiger partial charge in [0.25, 0.3) is 0 Å². The summed E-state index contributed by atoms with van der Waals surface area (Å²) in [5, 5.41) is 0.577. The molecule has 1 aromatic carbocycles. The normalized spacial score (nSPS) is 20.0. The highest BCUT2D eigenvalue weighted by atomic mass is 35.5. The molecule has 0 N–H and O–H groups in total. The first-order valence-electron chi connectivity index (χ1n) is 5.07. The quantitative estimate of drug-likeness (QED) is 0.732. The highest BCUT2D eigenvalue weighted by Crippen LogP contribution is 2.31. The highest BCUT2D eigenvalue weighted by Gasteiger charge is 2.28. The maximum atomic E-state index is 11.8. The first-order valence-corrected chi connectivity index (χ1v) is 5.45. The van der Waals surface area contributed by atoms with Crippen LogP contribution in [0.2, 0.25) is 5.02 Å². The third-order valence-electron chi connectivity index (χ3n) is 2.65. The molecule has 1 aliphatic heterocycles. The number of carbonyl (C=O) groups excluding carboxylic acids is 1. The van der Waals surface area contributed by atoms with Crippen LogP contribution in [0.4, 0.5) is 0 Å². The standard InChI is InChI=1S/C12H13ClO2/c1-7(2)12-6-10(14)9-5-8(13)3-4-11(9)15-12/h3-5,7,12H,6H2,1-2H3. The smallest absolute Gasteiger partial charge is 0.170 e. The van der Waals surface area contributed by atoms with Crippen molar-refractivity contribution in [3.63, 3.8) is 0 Å². The molecule has 1 aromatic rings. The van der Waals surface area contributed by atoms with Crippen LogP contribution < -0.4 is 4.74 Å². The first-order chi connectivity index (χ1) is 7.08. The average molecular weight is 225 g/mol. The van der Waals surface area contributed by atoms with Crippen molar-refractivity contribution >= 4 is 17.4 Å². The number of rotatable bonds is 1. The molecule has 0 aromatic heterocycles. The molecular weight excluding hydrogens is 212 g/mol. The Morgan fingerprint density at radius 3 is 2.87 bits per heavy atom. The van der Waals surface area contributed by atoms with Crippen molar-refractivity contribution in [2.75, 3.05) is 0 Å². The van der Waals surface area contributed by atoms with Crippen LogP contribution in [0.1, 0.15) is 30.6 Å². The summed E-state index contributed by atoms with van der Waals surface area (Å²) in [4.78, 5) is 11.8. The number of halogens is 1. The zero-order valence-electron chi connectivity index (χ0n) is 8.79. The number of fused-ring (bicyclic) bond motifs is 1. The molecule has 2 nitrogen and oxygen atoms in total. The fraction of sp³-hybridized carbons (Fsp3) is 0.417. The first kappa shape index (κ1) is 10.5. The Kier molecular flexibility index (Phi) is 2.70. The summed E-state index contributed by atoms with van der Waals surface area (Å²) in [5.74, 6) is 1.13. The van der Waals surface area contributed by atoms with Gasteiger partial charge in [0.15, 0.2) is 5.78 Å². The Morgan fingerprint density at radius 1 is 1.47 bits per heavy atom. The van der Waals surface area contributed by atoms with Gasteiger partial charge in [0.1, 0.15) is 11.9 Å². The van der Waals surface area contributed by atoms with Gasteiger partial charge in [-0.1, -0.05) is 25.4 Å². The van der Waals surface area contributed by atoms with Gasteiger partial charge in [-0.3, -0.25) is 4.79 Å². The van der Waals surface area contributed by atoms with Crippen LogP contribution in [0, 0.1) is 5.92 Å². The van der Waals surface area contributed by atoms with Gasteiger partial charge in [0.2, 0.25) is 0 Å². The lowest BCUT2D eigenvalue weighted by Gasteiger charge is -2.27. The van der Waals surface area contributed by atoms with Crippen molar-refractivity contribution in [1.82, 2.24) is 0 Å². The van der Waals surface area contributed by atoms with Gasteiger partial charge in [-0.2, -0.15) is 0 Å². The summed E-state index contributed by atoms with van der Waals surface area (Å²) in [6.07, 6.45) is 0.441. The van der Waals surface area contributed by atoms with E-state index < -0.39 is 0 Å². The summed E-state index contributed by atoms with van der Waals surface area (Å²) in [5.41, 5.74) is 0.611. The van der Waals surface area contributed by atoms with Crippen molar-refractivity contribution in [2.24, 2.45) is 5.92 Å². The molecule has 15 heavy (non-hydrogen) atoms. The third-order valence-corrected chi connectivity index (χ3v) is 2.89. The second-order valence-corrected chi connectivity index (χ2v) is 4.60. The number of carbonyl (C=O) groups is 1. The maximum Gasteiger partial charge on any atom is 0.170 e. The maximum absolute atomic E-state index is 11.8. The Labute approximate surface area is 94.2 Å². The van der Waals surface area contributed by atoms with Crippen LogP contribution in [-0.2, 0) is 0 Å². The van der Waals surface area contributed by atoms with E-state index in [0.717, 1.165) is 0 Å². The molecule has 0 bridgehead atoms. The molecule has 0 radical (unpaired) electrons. The minimum Gasteiger partial charge on any atom is -0.489 e. The second kappa shape index (κ2) is 3.86. The minimum atomic E-state index is -0.00817. The Hall–Kier alpha value is -1.02. The van der Waals surface area contributed by atoms with Crippen molar-refractivity contribution in [1.29, 1.82) is 0 Å². The highest BCUT2D eigenvalue weighted by molar-refractivity contribution is 6.31. The van der Waals surface area contributed by atoms with Crippen LogP contribution in [0.15, 0.2) is 18.2 Å². The molecule has 2 rings (SSSR count). The van der Waals surface area contributed by atoms with Crippen LogP contribution in [0.3, 0.4) is 0 Å². The van der Waals surface area contributed by atoms with Gasteiger partial charge in [-0.25, -0.2) is 0 Å². The summed E-state index contributed by atoms with van der Waals surface area (Å²) in [6, 6.07) is 5.19. The lowest BCUT2D eigenvalue weighted by Crippen LogP contribution is -2.31. The van der Waals surface area contributed by atoms with E-state index >= 15 is 0 Å². The number of Topliss-reactive ketones (excluding diaryl/α,β-unsaturated/α-hetero) is 1. The number of benzene rings is 1. The lowest BCUT2D eigenvalue weighted by molar-refractivity contribution is 0.0772. The Bertz CT molecular complexity index is 399. The van der Waals surface area contributed by atoms with Crippen molar-refractivity contribution < 1.29 is 9.53 Å². The van der Waals surface area contributed by atoms with Gasteiger partial charge >= 0.3 is 0 Å². The molecule has 0 aliphatic carbocycles. The number of ketones is 1. The van der Waals surface area contributed by atoms with E-state index in [-0.39, 0.29) is 11.9 Å². The van der Waals surface area contributed by atoms with Crippen LogP contribution in [-0.4, -0.2) is 11.9 Å². The van der Waals surface area contributed by atoms with Gasteiger partial charge in [-0.15, -0.1) is 0 Å². The fourth-order valence-electron chi connectivity index (χ4n) is 1.69. The van der Waals surface area contributed by atoms with Gasteiger partial charge in [0.05, 0.1) is 5.56 Å². The molecule has 0 saturated carbocycles. The summed E-state index contributed by atoms with van der Waals surface area (Å²) in [7, 11) is 0. The van der Waals surface area contributed by atoms with Gasteiger partial charge in [-0.05, 0) is 24.1 Å². The summed E-state index contributed by atoms with van der Waals surface area (Å²) < 4.78 is 5.74. The van der Waals surface area contributed by atoms with Crippen LogP contribution in [0.5, 0.6) is 5.75 Å². The lowest BCUT2D eigenvalue weighted by atomic mass is 9.94. The predicted molar refractivity (Wildman–Crippen MR) is 59.7 cm³/mol. The number of hydrogen-bond acceptors (Lipinski definition) is 2. The molecule has 1 unspecified atom stereocenters. The second-order valence-electron chi connectivity index (χ2n) is 4.17. The molecule has 0 fully saturated rings. The monoisotopic (exact) mass is 224 g/mol. The van der Waals surface area contributed by atoms with Crippen molar-refractivity contribution in [3.8, 4) is 5.75 Å². The van der Waals surface area contributed by atoms with E-state index in [1.807, 2.05) is 0 Å². The van der Waals surface area contributed by atoms with Crippen molar-refractivity contribution in [3.05, 3.63) is 28.8 Å². The van der Waals surface area contributed by atoms with E-state index in [1.54, 1.807) is 18.2 Å². The molecule has 0 saturated heterocycles. The topological polar surface area (TPSA) is 26.3 Å². The van der Waals surface area contributed by atoms with E-state index in [1.165, 1.54) is 0 Å². The Balaban J connectivity index is 2.37. The van der Waals surface area contributed by atoms with Crippen LogP contribution >= 0.6 is 11.6 Å². The van der Waals surface area contributed by atoms with E-state index in [2.05, 4.69) is 13.8 Å². The molecule has 1 atom stereocenters. The third kappa shape index (κ3) is 2.00. The van der Waals surface area contributed by atoms with Crippen LogP contribution in [0.25, 0.3) is 0 Å². The van der Waals surface area contributed by atoms with E-state index in [9.17, 15) is 4.79 Å². The zero-order valence-corrected chi connectivity index (χ0v) is 9.54. The molecular formula is C12H13ClO2. The number of ether oxygens (including phenoxy) is 1. The minimum absolute atomic E-state index is 0.00817. The SMILES string of the molecule is CC(C)C1CC(=O)c2cc(Cl)ccc2O1. The van der Waals surface area contributed by atoms with E-state index in [0.29, 0.717) is 28.7 Å². The fourth-order valence-corrected chi connectivity index (χ4v) is 1.86. The average Bonchev–Trinajstić information content (AvgIpc) is 2.18. The Morgan fingerprint density at radius 2 is 2.20 bits per heavy atom. The molecule has 1 aliphatic rings. The largest absolute Gasteiger partial charge is 0.489 e. The van der Waals surface area contributed by atoms with E-state index in [4.69, 9.17) is 16.3 Å². The molecule has 3 heteroatoms. The van der Waals surface area contributed by atoms with Gasteiger partial charge in [0, 0.05) is 11.4 Å². The summed E-state index contributed by atoms with van der Waals surface area (Å²) in [6.45, 7) is 4.11. The molecule has 80 valence electrons. The molecule has 0 amide bonds. The molecule has 1 heterocycles.